The lowest BCUT2D eigenvalue weighted by molar-refractivity contribution is 0.0697. The molecule has 1 heterocycles. The number of rotatable bonds is 3. The van der Waals surface area contributed by atoms with Gasteiger partial charge in [0.05, 0.1) is 11.3 Å². The van der Waals surface area contributed by atoms with E-state index in [-0.39, 0.29) is 5.56 Å². The number of hydrogen-bond acceptors (Lipinski definition) is 5. The molecule has 0 amide bonds. The third-order valence-electron chi connectivity index (χ3n) is 1.90. The molecule has 1 aliphatic rings. The van der Waals surface area contributed by atoms with E-state index >= 15 is 0 Å². The predicted octanol–water partition coefficient (Wildman–Crippen LogP) is 1.91. The molecular weight excluding hydrogens is 208 g/mol. The number of benzene rings is 1. The molecule has 0 saturated carbocycles. The molecular formula is C10H8N4O2. The van der Waals surface area contributed by atoms with Crippen LogP contribution in [0.25, 0.3) is 0 Å². The van der Waals surface area contributed by atoms with Crippen LogP contribution in [0.15, 0.2) is 44.5 Å². The van der Waals surface area contributed by atoms with Gasteiger partial charge in [0, 0.05) is 12.4 Å². The maximum absolute atomic E-state index is 10.6. The van der Waals surface area contributed by atoms with Crippen LogP contribution in [0, 0.1) is 0 Å². The molecule has 6 nitrogen and oxygen atoms in total. The molecule has 2 rings (SSSR count). The normalized spacial score (nSPS) is 15.0. The summed E-state index contributed by atoms with van der Waals surface area (Å²) < 4.78 is 0. The summed E-state index contributed by atoms with van der Waals surface area (Å²) in [6, 6.07) is 6.10. The van der Waals surface area contributed by atoms with Crippen LogP contribution in [0.1, 0.15) is 10.4 Å². The number of carbonyl (C=O) groups is 1. The number of aromatic carboxylic acids is 1. The summed E-state index contributed by atoms with van der Waals surface area (Å²) in [5.74, 6) is -0.964. The Kier molecular flexibility index (Phi) is 2.81. The number of aliphatic imine (C=N–C) groups is 2. The number of azo groups is 1. The van der Waals surface area contributed by atoms with Crippen molar-refractivity contribution in [2.24, 2.45) is 20.2 Å². The van der Waals surface area contributed by atoms with Crippen molar-refractivity contribution in [2.45, 2.75) is 6.29 Å². The largest absolute Gasteiger partial charge is 0.478 e. The summed E-state index contributed by atoms with van der Waals surface area (Å²) >= 11 is 0. The fraction of sp³-hybridized carbons (Fsp3) is 0.100. The molecule has 0 aromatic heterocycles. The van der Waals surface area contributed by atoms with E-state index in [4.69, 9.17) is 5.11 Å². The lowest BCUT2D eigenvalue weighted by Crippen LogP contribution is -1.94. The second kappa shape index (κ2) is 4.43. The van der Waals surface area contributed by atoms with E-state index in [0.29, 0.717) is 5.69 Å². The fourth-order valence-electron chi connectivity index (χ4n) is 1.12. The molecule has 16 heavy (non-hydrogen) atoms. The number of carboxylic acids is 1. The van der Waals surface area contributed by atoms with Gasteiger partial charge in [-0.1, -0.05) is 0 Å². The summed E-state index contributed by atoms with van der Waals surface area (Å²) in [6.07, 6.45) is 2.60. The molecule has 1 aromatic rings. The zero-order chi connectivity index (χ0) is 11.4. The highest BCUT2D eigenvalue weighted by atomic mass is 16.4. The van der Waals surface area contributed by atoms with Gasteiger partial charge >= 0.3 is 5.97 Å². The van der Waals surface area contributed by atoms with Gasteiger partial charge in [-0.05, 0) is 24.3 Å². The number of hydrogen-bond donors (Lipinski definition) is 1. The Morgan fingerprint density at radius 3 is 2.38 bits per heavy atom. The van der Waals surface area contributed by atoms with Crippen LogP contribution in [0.5, 0.6) is 0 Å². The third-order valence-corrected chi connectivity index (χ3v) is 1.90. The first-order chi connectivity index (χ1) is 7.75. The Balaban J connectivity index is 2.07. The first-order valence-electron chi connectivity index (χ1n) is 4.55. The van der Waals surface area contributed by atoms with Gasteiger partial charge in [0.2, 0.25) is 0 Å². The van der Waals surface area contributed by atoms with Crippen LogP contribution in [0.2, 0.25) is 0 Å². The van der Waals surface area contributed by atoms with Crippen molar-refractivity contribution in [2.75, 3.05) is 0 Å². The zero-order valence-corrected chi connectivity index (χ0v) is 8.19. The third kappa shape index (κ3) is 2.35. The van der Waals surface area contributed by atoms with E-state index in [2.05, 4.69) is 20.2 Å². The molecule has 6 heteroatoms. The van der Waals surface area contributed by atoms with Crippen molar-refractivity contribution < 1.29 is 9.90 Å². The maximum Gasteiger partial charge on any atom is 0.335 e. The molecule has 0 fully saturated rings. The molecule has 0 unspecified atom stereocenters. The molecule has 0 atom stereocenters. The van der Waals surface area contributed by atoms with Crippen molar-refractivity contribution in [3.8, 4) is 0 Å². The molecule has 0 spiro atoms. The Hall–Kier alpha value is -2.37. The molecule has 1 N–H and O–H groups in total. The SMILES string of the molecule is O=C(O)c1ccc(N=NC2N=CC=N2)cc1. The highest BCUT2D eigenvalue weighted by Crippen LogP contribution is 2.15. The van der Waals surface area contributed by atoms with E-state index in [1.807, 2.05) is 0 Å². The first-order valence-corrected chi connectivity index (χ1v) is 4.55. The number of carboxylic acid groups (broad SMARTS) is 1. The van der Waals surface area contributed by atoms with Crippen LogP contribution < -0.4 is 0 Å². The van der Waals surface area contributed by atoms with Crippen molar-refractivity contribution in [3.63, 3.8) is 0 Å². The van der Waals surface area contributed by atoms with E-state index in [9.17, 15) is 4.79 Å². The Bertz CT molecular complexity index is 464. The molecule has 1 aromatic carbocycles. The summed E-state index contributed by atoms with van der Waals surface area (Å²) in [5, 5.41) is 16.4. The van der Waals surface area contributed by atoms with Gasteiger partial charge in [-0.2, -0.15) is 5.11 Å². The minimum atomic E-state index is -0.964. The van der Waals surface area contributed by atoms with Crippen LogP contribution in [-0.4, -0.2) is 29.8 Å². The lowest BCUT2D eigenvalue weighted by atomic mass is 10.2. The van der Waals surface area contributed by atoms with Crippen LogP contribution in [0.4, 0.5) is 5.69 Å². The predicted molar refractivity (Wildman–Crippen MR) is 58.7 cm³/mol. The van der Waals surface area contributed by atoms with E-state index in [1.54, 1.807) is 24.6 Å². The van der Waals surface area contributed by atoms with Crippen LogP contribution >= 0.6 is 0 Å². The summed E-state index contributed by atoms with van der Waals surface area (Å²) in [4.78, 5) is 18.4. The highest BCUT2D eigenvalue weighted by molar-refractivity contribution is 6.17. The highest BCUT2D eigenvalue weighted by Gasteiger charge is 2.03. The standard InChI is InChI=1S/C10H8N4O2/c15-9(16)7-1-3-8(4-2-7)13-14-10-11-5-6-12-10/h1-6,10H,(H,15,16). The minimum Gasteiger partial charge on any atom is -0.478 e. The van der Waals surface area contributed by atoms with Gasteiger partial charge in [-0.3, -0.25) is 0 Å². The average molecular weight is 216 g/mol. The molecule has 0 bridgehead atoms. The molecule has 1 aliphatic heterocycles. The Morgan fingerprint density at radius 2 is 1.81 bits per heavy atom. The second-order valence-electron chi connectivity index (χ2n) is 3.01. The van der Waals surface area contributed by atoms with Gasteiger partial charge in [0.25, 0.3) is 6.29 Å². The Labute approximate surface area is 91.1 Å². The zero-order valence-electron chi connectivity index (χ0n) is 8.19. The summed E-state index contributed by atoms with van der Waals surface area (Å²) in [6.45, 7) is 0. The first kappa shape index (κ1) is 10.2. The quantitative estimate of drug-likeness (QED) is 0.782. The molecule has 0 radical (unpaired) electrons. The monoisotopic (exact) mass is 216 g/mol. The lowest BCUT2D eigenvalue weighted by Gasteiger charge is -1.96. The van der Waals surface area contributed by atoms with E-state index < -0.39 is 12.3 Å². The van der Waals surface area contributed by atoms with Gasteiger partial charge < -0.3 is 5.11 Å². The van der Waals surface area contributed by atoms with Crippen molar-refractivity contribution in [3.05, 3.63) is 29.8 Å². The second-order valence-corrected chi connectivity index (χ2v) is 3.01. The van der Waals surface area contributed by atoms with Gasteiger partial charge in [-0.15, -0.1) is 5.11 Å². The molecule has 80 valence electrons. The topological polar surface area (TPSA) is 86.7 Å². The van der Waals surface area contributed by atoms with Crippen LogP contribution in [0.3, 0.4) is 0 Å². The molecule has 0 saturated heterocycles. The summed E-state index contributed by atoms with van der Waals surface area (Å²) in [7, 11) is 0. The van der Waals surface area contributed by atoms with Crippen molar-refractivity contribution in [1.82, 2.24) is 0 Å². The molecule has 0 aliphatic carbocycles. The van der Waals surface area contributed by atoms with Gasteiger partial charge in [0.15, 0.2) is 0 Å². The smallest absolute Gasteiger partial charge is 0.335 e. The Morgan fingerprint density at radius 1 is 1.19 bits per heavy atom. The van der Waals surface area contributed by atoms with Crippen molar-refractivity contribution in [1.29, 1.82) is 0 Å². The van der Waals surface area contributed by atoms with E-state index in [0.717, 1.165) is 0 Å². The fourth-order valence-corrected chi connectivity index (χ4v) is 1.12. The van der Waals surface area contributed by atoms with Gasteiger partial charge in [-0.25, -0.2) is 14.8 Å². The number of nitrogens with zero attached hydrogens (tertiary/aromatic N) is 4. The van der Waals surface area contributed by atoms with E-state index in [1.165, 1.54) is 12.1 Å². The average Bonchev–Trinajstić information content (AvgIpc) is 2.80. The maximum atomic E-state index is 10.6. The van der Waals surface area contributed by atoms with Crippen molar-refractivity contribution >= 4 is 24.1 Å². The van der Waals surface area contributed by atoms with Crippen LogP contribution in [-0.2, 0) is 0 Å². The van der Waals surface area contributed by atoms with Gasteiger partial charge in [0.1, 0.15) is 0 Å². The minimum absolute atomic E-state index is 0.218. The summed E-state index contributed by atoms with van der Waals surface area (Å²) in [5.41, 5.74) is 0.790.